The van der Waals surface area contributed by atoms with Crippen LogP contribution in [0, 0.1) is 5.92 Å². The van der Waals surface area contributed by atoms with Crippen LogP contribution in [0.25, 0.3) is 11.2 Å². The molecule has 0 unspecified atom stereocenters. The van der Waals surface area contributed by atoms with Crippen molar-refractivity contribution in [3.8, 4) is 5.75 Å². The predicted octanol–water partition coefficient (Wildman–Crippen LogP) is 1.89. The standard InChI is InChI=1S/C18H18F3N7O2/c1-2-28-16-14(25-26-28)15(23-10-24-16)27-8-12(9-27)17(29)22-7-11-5-3-4-6-13(11)30-18(19,20)21/h3-6,10,12H,2,7-9H2,1H3,(H,22,29). The molecule has 12 heteroatoms. The third kappa shape index (κ3) is 3.98. The quantitative estimate of drug-likeness (QED) is 0.649. The number of aromatic nitrogens is 5. The van der Waals surface area contributed by atoms with Crippen LogP contribution in [0.2, 0.25) is 0 Å². The Morgan fingerprint density at radius 3 is 2.77 bits per heavy atom. The smallest absolute Gasteiger partial charge is 0.405 e. The fraction of sp³-hybridized carbons (Fsp3) is 0.389. The topological polar surface area (TPSA) is 98.1 Å². The second-order valence-electron chi connectivity index (χ2n) is 6.75. The molecule has 4 rings (SSSR count). The minimum absolute atomic E-state index is 0.0653. The van der Waals surface area contributed by atoms with Gasteiger partial charge < -0.3 is 15.0 Å². The number of fused-ring (bicyclic) bond motifs is 1. The first-order valence-corrected chi connectivity index (χ1v) is 9.26. The molecule has 0 atom stereocenters. The molecular formula is C18H18F3N7O2. The number of nitrogens with one attached hydrogen (secondary N) is 1. The highest BCUT2D eigenvalue weighted by atomic mass is 19.4. The average molecular weight is 421 g/mol. The molecule has 1 N–H and O–H groups in total. The first-order valence-electron chi connectivity index (χ1n) is 9.26. The fourth-order valence-corrected chi connectivity index (χ4v) is 3.24. The lowest BCUT2D eigenvalue weighted by Crippen LogP contribution is -2.54. The summed E-state index contributed by atoms with van der Waals surface area (Å²) in [5.74, 6) is -0.293. The number of alkyl halides is 3. The highest BCUT2D eigenvalue weighted by Gasteiger charge is 2.35. The maximum Gasteiger partial charge on any atom is 0.573 e. The van der Waals surface area contributed by atoms with Crippen LogP contribution >= 0.6 is 0 Å². The third-order valence-corrected chi connectivity index (χ3v) is 4.78. The summed E-state index contributed by atoms with van der Waals surface area (Å²) >= 11 is 0. The number of anilines is 1. The molecule has 0 saturated carbocycles. The van der Waals surface area contributed by atoms with Gasteiger partial charge >= 0.3 is 6.36 Å². The van der Waals surface area contributed by atoms with Crippen LogP contribution in [0.15, 0.2) is 30.6 Å². The number of hydrogen-bond acceptors (Lipinski definition) is 7. The molecule has 9 nitrogen and oxygen atoms in total. The number of rotatable bonds is 6. The van der Waals surface area contributed by atoms with Crippen molar-refractivity contribution in [1.29, 1.82) is 0 Å². The van der Waals surface area contributed by atoms with E-state index in [1.807, 2.05) is 11.8 Å². The largest absolute Gasteiger partial charge is 0.573 e. The Hall–Kier alpha value is -3.44. The molecule has 1 aromatic carbocycles. The monoisotopic (exact) mass is 421 g/mol. The molecule has 158 valence electrons. The van der Waals surface area contributed by atoms with Crippen LogP contribution in [-0.4, -0.2) is 50.3 Å². The molecule has 0 bridgehead atoms. The zero-order valence-corrected chi connectivity index (χ0v) is 15.9. The number of ether oxygens (including phenoxy) is 1. The highest BCUT2D eigenvalue weighted by molar-refractivity contribution is 5.86. The number of benzene rings is 1. The third-order valence-electron chi connectivity index (χ3n) is 4.78. The number of amides is 1. The van der Waals surface area contributed by atoms with Gasteiger partial charge in [0.2, 0.25) is 5.91 Å². The fourth-order valence-electron chi connectivity index (χ4n) is 3.24. The maximum atomic E-state index is 12.5. The lowest BCUT2D eigenvalue weighted by molar-refractivity contribution is -0.274. The number of carbonyl (C=O) groups is 1. The van der Waals surface area contributed by atoms with Gasteiger partial charge in [-0.05, 0) is 13.0 Å². The summed E-state index contributed by atoms with van der Waals surface area (Å²) in [4.78, 5) is 22.8. The number of halogens is 3. The van der Waals surface area contributed by atoms with Gasteiger partial charge in [0.25, 0.3) is 0 Å². The van der Waals surface area contributed by atoms with Crippen LogP contribution in [0.3, 0.4) is 0 Å². The van der Waals surface area contributed by atoms with Crippen molar-refractivity contribution in [2.75, 3.05) is 18.0 Å². The molecule has 0 aliphatic carbocycles. The van der Waals surface area contributed by atoms with Gasteiger partial charge in [-0.25, -0.2) is 14.6 Å². The molecule has 1 saturated heterocycles. The number of nitrogens with zero attached hydrogens (tertiary/aromatic N) is 6. The van der Waals surface area contributed by atoms with Gasteiger partial charge in [0, 0.05) is 31.7 Å². The van der Waals surface area contributed by atoms with Crippen molar-refractivity contribution in [2.45, 2.75) is 26.4 Å². The van der Waals surface area contributed by atoms with Gasteiger partial charge in [-0.15, -0.1) is 18.3 Å². The Morgan fingerprint density at radius 2 is 2.03 bits per heavy atom. The summed E-state index contributed by atoms with van der Waals surface area (Å²) < 4.78 is 43.2. The summed E-state index contributed by atoms with van der Waals surface area (Å²) in [5.41, 5.74) is 1.43. The Morgan fingerprint density at radius 1 is 1.27 bits per heavy atom. The lowest BCUT2D eigenvalue weighted by atomic mass is 9.99. The number of aryl methyl sites for hydroxylation is 1. The summed E-state index contributed by atoms with van der Waals surface area (Å²) in [7, 11) is 0. The van der Waals surface area contributed by atoms with Gasteiger partial charge in [0.15, 0.2) is 17.0 Å². The van der Waals surface area contributed by atoms with Crippen LogP contribution < -0.4 is 15.0 Å². The van der Waals surface area contributed by atoms with E-state index in [9.17, 15) is 18.0 Å². The minimum atomic E-state index is -4.79. The number of hydrogen-bond donors (Lipinski definition) is 1. The molecule has 1 aliphatic heterocycles. The predicted molar refractivity (Wildman–Crippen MR) is 99.5 cm³/mol. The van der Waals surface area contributed by atoms with Crippen LogP contribution in [-0.2, 0) is 17.9 Å². The Balaban J connectivity index is 1.36. The first kappa shape index (κ1) is 19.9. The van der Waals surface area contributed by atoms with E-state index in [-0.39, 0.29) is 29.7 Å². The van der Waals surface area contributed by atoms with Crippen molar-refractivity contribution in [2.24, 2.45) is 5.92 Å². The van der Waals surface area contributed by atoms with E-state index in [0.717, 1.165) is 0 Å². The van der Waals surface area contributed by atoms with Crippen LogP contribution in [0.5, 0.6) is 5.75 Å². The first-order chi connectivity index (χ1) is 14.4. The van der Waals surface area contributed by atoms with Gasteiger partial charge in [-0.1, -0.05) is 23.4 Å². The van der Waals surface area contributed by atoms with E-state index in [4.69, 9.17) is 0 Å². The second-order valence-corrected chi connectivity index (χ2v) is 6.75. The number of carbonyl (C=O) groups excluding carboxylic acids is 1. The SMILES string of the molecule is CCn1nnc2c(N3CC(C(=O)NCc4ccccc4OC(F)(F)F)C3)ncnc21. The van der Waals surface area contributed by atoms with Crippen LogP contribution in [0.1, 0.15) is 12.5 Å². The van der Waals surface area contributed by atoms with Crippen molar-refractivity contribution in [3.63, 3.8) is 0 Å². The van der Waals surface area contributed by atoms with Crippen molar-refractivity contribution < 1.29 is 22.7 Å². The molecule has 0 radical (unpaired) electrons. The van der Waals surface area contributed by atoms with Gasteiger partial charge in [-0.3, -0.25) is 4.79 Å². The summed E-state index contributed by atoms with van der Waals surface area (Å²) in [6.45, 7) is 3.31. The molecule has 1 aliphatic rings. The minimum Gasteiger partial charge on any atom is -0.405 e. The Bertz CT molecular complexity index is 1060. The normalized spacial score (nSPS) is 14.6. The van der Waals surface area contributed by atoms with E-state index < -0.39 is 6.36 Å². The van der Waals surface area contributed by atoms with Gasteiger partial charge in [-0.2, -0.15) is 0 Å². The zero-order valence-electron chi connectivity index (χ0n) is 15.9. The highest BCUT2D eigenvalue weighted by Crippen LogP contribution is 2.28. The van der Waals surface area contributed by atoms with E-state index in [0.29, 0.717) is 36.6 Å². The molecule has 1 amide bonds. The molecule has 0 spiro atoms. The zero-order chi connectivity index (χ0) is 21.3. The molecule has 2 aromatic heterocycles. The van der Waals surface area contributed by atoms with Crippen LogP contribution in [0.4, 0.5) is 19.0 Å². The summed E-state index contributed by atoms with van der Waals surface area (Å²) in [5, 5.41) is 10.8. The van der Waals surface area contributed by atoms with Crippen molar-refractivity contribution in [1.82, 2.24) is 30.3 Å². The Kier molecular flexibility index (Phi) is 5.14. The van der Waals surface area contributed by atoms with Gasteiger partial charge in [0.05, 0.1) is 5.92 Å². The van der Waals surface area contributed by atoms with Crippen molar-refractivity contribution in [3.05, 3.63) is 36.2 Å². The maximum absolute atomic E-state index is 12.5. The summed E-state index contributed by atoms with van der Waals surface area (Å²) in [6, 6.07) is 5.71. The van der Waals surface area contributed by atoms with E-state index in [1.54, 1.807) is 10.7 Å². The van der Waals surface area contributed by atoms with Crippen molar-refractivity contribution >= 4 is 22.9 Å². The molecule has 30 heavy (non-hydrogen) atoms. The molecule has 3 aromatic rings. The molecule has 1 fully saturated rings. The lowest BCUT2D eigenvalue weighted by Gasteiger charge is -2.38. The molecule has 3 heterocycles. The summed E-state index contributed by atoms with van der Waals surface area (Å²) in [6.07, 6.45) is -3.37. The van der Waals surface area contributed by atoms with E-state index in [1.165, 1.54) is 24.5 Å². The average Bonchev–Trinajstić information content (AvgIpc) is 3.09. The van der Waals surface area contributed by atoms with E-state index >= 15 is 0 Å². The second kappa shape index (κ2) is 7.76. The van der Waals surface area contributed by atoms with E-state index in [2.05, 4.69) is 30.3 Å². The van der Waals surface area contributed by atoms with Gasteiger partial charge in [0.1, 0.15) is 12.1 Å². The molecular weight excluding hydrogens is 403 g/mol. The number of para-hydroxylation sites is 1. The Labute approximate surface area is 168 Å².